The first-order chi connectivity index (χ1) is 10.0. The molecule has 1 unspecified atom stereocenters. The molecular weight excluding hydrogens is 280 g/mol. The molecule has 0 aromatic heterocycles. The number of carboxylic acid groups (broad SMARTS) is 1. The highest BCUT2D eigenvalue weighted by molar-refractivity contribution is 5.83. The van der Waals surface area contributed by atoms with Crippen molar-refractivity contribution in [2.24, 2.45) is 0 Å². The number of amides is 2. The van der Waals surface area contributed by atoms with Gasteiger partial charge in [0, 0.05) is 26.7 Å². The van der Waals surface area contributed by atoms with Gasteiger partial charge in [0.25, 0.3) is 0 Å². The zero-order chi connectivity index (χ0) is 15.8. The highest BCUT2D eigenvalue weighted by atomic mass is 16.5. The number of aliphatic carboxylic acids is 1. The van der Waals surface area contributed by atoms with E-state index in [1.54, 1.807) is 0 Å². The molecule has 0 radical (unpaired) electrons. The zero-order valence-electron chi connectivity index (χ0n) is 12.4. The minimum Gasteiger partial charge on any atom is -0.480 e. The number of carbonyl (C=O) groups is 3. The summed E-state index contributed by atoms with van der Waals surface area (Å²) in [6.07, 6.45) is 1.19. The van der Waals surface area contributed by atoms with Crippen LogP contribution < -0.4 is 0 Å². The molecule has 1 N–H and O–H groups in total. The number of carbonyl (C=O) groups excluding carboxylic acids is 2. The van der Waals surface area contributed by atoms with Crippen LogP contribution in [-0.4, -0.2) is 79.4 Å². The number of ether oxygens (including phenoxy) is 2. The Labute approximate surface area is 123 Å². The lowest BCUT2D eigenvalue weighted by Crippen LogP contribution is -2.49. The molecule has 8 heteroatoms. The smallest absolute Gasteiger partial charge is 0.326 e. The molecule has 120 valence electrons. The molecule has 1 heterocycles. The van der Waals surface area contributed by atoms with Gasteiger partial charge in [-0.15, -0.1) is 0 Å². The Kier molecular flexibility index (Phi) is 6.93. The molecule has 2 amide bonds. The van der Waals surface area contributed by atoms with E-state index in [9.17, 15) is 14.4 Å². The SMILES string of the molecule is COCCN(CCC(=O)OC)C(=O)N1CCCC1C(=O)O. The van der Waals surface area contributed by atoms with Crippen LogP contribution in [0, 0.1) is 0 Å². The molecule has 0 aromatic carbocycles. The Hall–Kier alpha value is -1.83. The molecule has 1 aliphatic rings. The van der Waals surface area contributed by atoms with Crippen LogP contribution in [0.5, 0.6) is 0 Å². The van der Waals surface area contributed by atoms with Crippen molar-refractivity contribution in [2.75, 3.05) is 40.5 Å². The minimum absolute atomic E-state index is 0.0670. The third kappa shape index (κ3) is 4.89. The maximum Gasteiger partial charge on any atom is 0.326 e. The molecule has 1 aliphatic heterocycles. The number of methoxy groups -OCH3 is 2. The molecular formula is C13H22N2O6. The van der Waals surface area contributed by atoms with E-state index in [0.29, 0.717) is 32.5 Å². The maximum absolute atomic E-state index is 12.4. The van der Waals surface area contributed by atoms with Crippen molar-refractivity contribution in [1.29, 1.82) is 0 Å². The fourth-order valence-corrected chi connectivity index (χ4v) is 2.27. The Balaban J connectivity index is 2.69. The quantitative estimate of drug-likeness (QED) is 0.673. The molecule has 0 aliphatic carbocycles. The number of hydrogen-bond donors (Lipinski definition) is 1. The van der Waals surface area contributed by atoms with Crippen molar-refractivity contribution in [2.45, 2.75) is 25.3 Å². The van der Waals surface area contributed by atoms with Gasteiger partial charge in [0.2, 0.25) is 0 Å². The molecule has 1 saturated heterocycles. The maximum atomic E-state index is 12.4. The van der Waals surface area contributed by atoms with Crippen molar-refractivity contribution in [1.82, 2.24) is 9.80 Å². The molecule has 1 rings (SSSR count). The average Bonchev–Trinajstić information content (AvgIpc) is 2.96. The Morgan fingerprint density at radius 3 is 2.57 bits per heavy atom. The molecule has 1 atom stereocenters. The van der Waals surface area contributed by atoms with Gasteiger partial charge in [0.05, 0.1) is 20.1 Å². The van der Waals surface area contributed by atoms with Gasteiger partial charge in [-0.2, -0.15) is 0 Å². The van der Waals surface area contributed by atoms with Crippen LogP contribution in [0.15, 0.2) is 0 Å². The number of esters is 1. The molecule has 1 fully saturated rings. The molecule has 21 heavy (non-hydrogen) atoms. The summed E-state index contributed by atoms with van der Waals surface area (Å²) in [5.41, 5.74) is 0. The van der Waals surface area contributed by atoms with E-state index in [1.807, 2.05) is 0 Å². The summed E-state index contributed by atoms with van der Waals surface area (Å²) < 4.78 is 9.50. The summed E-state index contributed by atoms with van der Waals surface area (Å²) in [6, 6.07) is -1.17. The fourth-order valence-electron chi connectivity index (χ4n) is 2.27. The monoisotopic (exact) mass is 302 g/mol. The normalized spacial score (nSPS) is 17.6. The molecule has 0 bridgehead atoms. The predicted molar refractivity (Wildman–Crippen MR) is 72.8 cm³/mol. The summed E-state index contributed by atoms with van der Waals surface area (Å²) in [5.74, 6) is -1.41. The van der Waals surface area contributed by atoms with Gasteiger partial charge < -0.3 is 24.4 Å². The van der Waals surface area contributed by atoms with E-state index >= 15 is 0 Å². The first-order valence-electron chi connectivity index (χ1n) is 6.85. The van der Waals surface area contributed by atoms with Crippen LogP contribution in [0.2, 0.25) is 0 Å². The van der Waals surface area contributed by atoms with Gasteiger partial charge in [-0.25, -0.2) is 9.59 Å². The van der Waals surface area contributed by atoms with Gasteiger partial charge >= 0.3 is 18.0 Å². The van der Waals surface area contributed by atoms with Crippen LogP contribution in [-0.2, 0) is 19.1 Å². The van der Waals surface area contributed by atoms with Crippen LogP contribution >= 0.6 is 0 Å². The van der Waals surface area contributed by atoms with E-state index < -0.39 is 18.0 Å². The molecule has 0 saturated carbocycles. The summed E-state index contributed by atoms with van der Waals surface area (Å²) >= 11 is 0. The summed E-state index contributed by atoms with van der Waals surface area (Å²) in [7, 11) is 2.80. The van der Waals surface area contributed by atoms with E-state index in [1.165, 1.54) is 24.0 Å². The highest BCUT2D eigenvalue weighted by Gasteiger charge is 2.36. The minimum atomic E-state index is -1.000. The first kappa shape index (κ1) is 17.2. The third-order valence-corrected chi connectivity index (χ3v) is 3.43. The lowest BCUT2D eigenvalue weighted by Gasteiger charge is -2.30. The predicted octanol–water partition coefficient (Wildman–Crippen LogP) is 0.167. The molecule has 8 nitrogen and oxygen atoms in total. The third-order valence-electron chi connectivity index (χ3n) is 3.43. The molecule has 0 spiro atoms. The van der Waals surface area contributed by atoms with Crippen molar-refractivity contribution in [3.8, 4) is 0 Å². The highest BCUT2D eigenvalue weighted by Crippen LogP contribution is 2.19. The second-order valence-electron chi connectivity index (χ2n) is 4.78. The summed E-state index contributed by atoms with van der Waals surface area (Å²) in [5, 5.41) is 9.14. The number of nitrogens with zero attached hydrogens (tertiary/aromatic N) is 2. The lowest BCUT2D eigenvalue weighted by molar-refractivity contribution is -0.142. The standard InChI is InChI=1S/C13H22N2O6/c1-20-9-8-14(7-5-11(16)21-2)13(19)15-6-3-4-10(15)12(17)18/h10H,3-9H2,1-2H3,(H,17,18). The second kappa shape index (κ2) is 8.46. The number of rotatable bonds is 7. The molecule has 0 aromatic rings. The Bertz CT molecular complexity index is 387. The zero-order valence-corrected chi connectivity index (χ0v) is 12.4. The van der Waals surface area contributed by atoms with Crippen LogP contribution in [0.25, 0.3) is 0 Å². The van der Waals surface area contributed by atoms with Crippen molar-refractivity contribution < 1.29 is 29.0 Å². The van der Waals surface area contributed by atoms with Crippen LogP contribution in [0.3, 0.4) is 0 Å². The second-order valence-corrected chi connectivity index (χ2v) is 4.78. The topological polar surface area (TPSA) is 96.4 Å². The number of carboxylic acids is 1. The van der Waals surface area contributed by atoms with Gasteiger partial charge in [-0.1, -0.05) is 0 Å². The Morgan fingerprint density at radius 1 is 1.29 bits per heavy atom. The van der Waals surface area contributed by atoms with Crippen molar-refractivity contribution in [3.63, 3.8) is 0 Å². The fraction of sp³-hybridized carbons (Fsp3) is 0.769. The van der Waals surface area contributed by atoms with E-state index in [0.717, 1.165) is 0 Å². The number of hydrogen-bond acceptors (Lipinski definition) is 5. The van der Waals surface area contributed by atoms with E-state index in [2.05, 4.69) is 4.74 Å². The van der Waals surface area contributed by atoms with Crippen molar-refractivity contribution >= 4 is 18.0 Å². The average molecular weight is 302 g/mol. The summed E-state index contributed by atoms with van der Waals surface area (Å²) in [6.45, 7) is 1.21. The van der Waals surface area contributed by atoms with Gasteiger partial charge in [-0.3, -0.25) is 4.79 Å². The Morgan fingerprint density at radius 2 is 2.00 bits per heavy atom. The van der Waals surface area contributed by atoms with Crippen LogP contribution in [0.4, 0.5) is 4.79 Å². The largest absolute Gasteiger partial charge is 0.480 e. The van der Waals surface area contributed by atoms with Crippen LogP contribution in [0.1, 0.15) is 19.3 Å². The van der Waals surface area contributed by atoms with E-state index in [4.69, 9.17) is 9.84 Å². The van der Waals surface area contributed by atoms with Crippen molar-refractivity contribution in [3.05, 3.63) is 0 Å². The van der Waals surface area contributed by atoms with E-state index in [-0.39, 0.29) is 19.0 Å². The number of urea groups is 1. The van der Waals surface area contributed by atoms with Gasteiger partial charge in [-0.05, 0) is 12.8 Å². The van der Waals surface area contributed by atoms with Gasteiger partial charge in [0.15, 0.2) is 0 Å². The first-order valence-corrected chi connectivity index (χ1v) is 6.85. The summed E-state index contributed by atoms with van der Waals surface area (Å²) in [4.78, 5) is 37.6. The number of likely N-dealkylation sites (tertiary alicyclic amines) is 1. The lowest BCUT2D eigenvalue weighted by atomic mass is 10.2. The van der Waals surface area contributed by atoms with Gasteiger partial charge in [0.1, 0.15) is 6.04 Å².